The number of carbonyl (C=O) groups is 2. The maximum Gasteiger partial charge on any atom is 0.263 e. The lowest BCUT2D eigenvalue weighted by atomic mass is 10.0. The molecule has 4 rings (SSSR count). The Hall–Kier alpha value is -3.39. The molecule has 0 spiro atoms. The topological polar surface area (TPSA) is 91.3 Å². The number of carbonyl (C=O) groups excluding carboxylic acids is 2. The van der Waals surface area contributed by atoms with Gasteiger partial charge in [0.25, 0.3) is 5.91 Å². The average molecular weight is 407 g/mol. The van der Waals surface area contributed by atoms with Gasteiger partial charge in [-0.3, -0.25) is 9.59 Å². The summed E-state index contributed by atoms with van der Waals surface area (Å²) in [5.41, 5.74) is 5.61. The summed E-state index contributed by atoms with van der Waals surface area (Å²) in [6, 6.07) is 15.1. The maximum absolute atomic E-state index is 12.8. The van der Waals surface area contributed by atoms with E-state index in [1.165, 1.54) is 18.3 Å². The minimum Gasteiger partial charge on any atom is -0.361 e. The van der Waals surface area contributed by atoms with Gasteiger partial charge in [-0.1, -0.05) is 41.7 Å². The number of hydrogen-bond donors (Lipinski definition) is 3. The van der Waals surface area contributed by atoms with Crippen LogP contribution in [0.25, 0.3) is 21.1 Å². The second-order valence-corrected chi connectivity index (χ2v) is 7.83. The molecular weight excluding hydrogens is 386 g/mol. The van der Waals surface area contributed by atoms with Gasteiger partial charge in [0.05, 0.1) is 10.2 Å². The SMILES string of the molecule is CC(=O)NC(Cc1c[nH]c2ccccc12)C(=O)N/N=c1\sc2ccccc2n1C. The first-order valence-corrected chi connectivity index (χ1v) is 10.0. The standard InChI is InChI=1S/C21H21N5O2S/c1-13(27)23-17(11-14-12-22-16-8-4-3-7-15(14)16)20(28)24-25-21-26(2)18-9-5-6-10-19(18)29-21/h3-10,12,17,22H,11H2,1-2H3,(H,23,27)(H,24,28)/b25-21-. The van der Waals surface area contributed by atoms with Crippen molar-refractivity contribution in [3.8, 4) is 0 Å². The van der Waals surface area contributed by atoms with Crippen molar-refractivity contribution < 1.29 is 9.59 Å². The summed E-state index contributed by atoms with van der Waals surface area (Å²) >= 11 is 1.49. The molecule has 2 heterocycles. The van der Waals surface area contributed by atoms with Crippen LogP contribution < -0.4 is 15.5 Å². The highest BCUT2D eigenvalue weighted by Crippen LogP contribution is 2.19. The summed E-state index contributed by atoms with van der Waals surface area (Å²) in [5.74, 6) is -0.625. The van der Waals surface area contributed by atoms with Crippen LogP contribution in [0, 0.1) is 0 Å². The van der Waals surface area contributed by atoms with Gasteiger partial charge in [0.1, 0.15) is 6.04 Å². The molecule has 148 valence electrons. The first kappa shape index (κ1) is 18.9. The number of aryl methyl sites for hydroxylation is 1. The minimum absolute atomic E-state index is 0.266. The molecule has 29 heavy (non-hydrogen) atoms. The Morgan fingerprint density at radius 1 is 1.17 bits per heavy atom. The van der Waals surface area contributed by atoms with E-state index in [0.29, 0.717) is 11.2 Å². The monoisotopic (exact) mass is 407 g/mol. The number of nitrogens with one attached hydrogen (secondary N) is 3. The lowest BCUT2D eigenvalue weighted by molar-refractivity contribution is -0.128. The van der Waals surface area contributed by atoms with E-state index < -0.39 is 6.04 Å². The number of amides is 2. The molecule has 2 aromatic carbocycles. The Kier molecular flexibility index (Phi) is 5.18. The molecule has 2 amide bonds. The van der Waals surface area contributed by atoms with Crippen LogP contribution in [0.15, 0.2) is 59.8 Å². The van der Waals surface area contributed by atoms with Crippen molar-refractivity contribution in [2.75, 3.05) is 0 Å². The van der Waals surface area contributed by atoms with Gasteiger partial charge in [-0.25, -0.2) is 5.43 Å². The second kappa shape index (κ2) is 7.92. The molecule has 4 aromatic rings. The number of para-hydroxylation sites is 2. The first-order chi connectivity index (χ1) is 14.0. The smallest absolute Gasteiger partial charge is 0.263 e. The van der Waals surface area contributed by atoms with E-state index in [2.05, 4.69) is 20.8 Å². The molecular formula is C21H21N5O2S. The van der Waals surface area contributed by atoms with Crippen molar-refractivity contribution in [1.29, 1.82) is 0 Å². The van der Waals surface area contributed by atoms with Crippen LogP contribution in [0.2, 0.25) is 0 Å². The molecule has 8 heteroatoms. The van der Waals surface area contributed by atoms with E-state index >= 15 is 0 Å². The second-order valence-electron chi connectivity index (χ2n) is 6.82. The van der Waals surface area contributed by atoms with Gasteiger partial charge in [-0.05, 0) is 23.8 Å². The van der Waals surface area contributed by atoms with E-state index in [9.17, 15) is 9.59 Å². The van der Waals surface area contributed by atoms with Gasteiger partial charge in [0.2, 0.25) is 10.7 Å². The quantitative estimate of drug-likeness (QED) is 0.443. The molecule has 0 aliphatic rings. The van der Waals surface area contributed by atoms with Crippen molar-refractivity contribution in [2.24, 2.45) is 12.1 Å². The molecule has 0 radical (unpaired) electrons. The lowest BCUT2D eigenvalue weighted by Gasteiger charge is -2.15. The van der Waals surface area contributed by atoms with E-state index in [0.717, 1.165) is 26.7 Å². The minimum atomic E-state index is -0.727. The van der Waals surface area contributed by atoms with Gasteiger partial charge >= 0.3 is 0 Å². The van der Waals surface area contributed by atoms with Crippen LogP contribution in [0.1, 0.15) is 12.5 Å². The van der Waals surface area contributed by atoms with E-state index in [4.69, 9.17) is 0 Å². The molecule has 0 bridgehead atoms. The number of benzene rings is 2. The molecule has 0 saturated carbocycles. The molecule has 0 fully saturated rings. The Labute approximate surface area is 171 Å². The van der Waals surface area contributed by atoms with Crippen molar-refractivity contribution in [3.63, 3.8) is 0 Å². The van der Waals surface area contributed by atoms with Crippen LogP contribution in [0.4, 0.5) is 0 Å². The Morgan fingerprint density at radius 2 is 1.93 bits per heavy atom. The fourth-order valence-electron chi connectivity index (χ4n) is 3.34. The molecule has 1 unspecified atom stereocenters. The van der Waals surface area contributed by atoms with Gasteiger partial charge in [-0.15, -0.1) is 5.10 Å². The summed E-state index contributed by atoms with van der Waals surface area (Å²) in [4.78, 5) is 28.3. The fraction of sp³-hybridized carbons (Fsp3) is 0.190. The normalized spacial score (nSPS) is 13.0. The molecule has 0 aliphatic carbocycles. The molecule has 0 saturated heterocycles. The number of aromatic amines is 1. The van der Waals surface area contributed by atoms with Gasteiger partial charge in [0, 0.05) is 37.5 Å². The van der Waals surface area contributed by atoms with Crippen molar-refractivity contribution in [3.05, 3.63) is 65.1 Å². The number of H-pyrrole nitrogens is 1. The van der Waals surface area contributed by atoms with Gasteiger partial charge in [-0.2, -0.15) is 0 Å². The van der Waals surface area contributed by atoms with E-state index in [1.54, 1.807) is 0 Å². The highest BCUT2D eigenvalue weighted by molar-refractivity contribution is 7.16. The van der Waals surface area contributed by atoms with Crippen molar-refractivity contribution in [1.82, 2.24) is 20.3 Å². The summed E-state index contributed by atoms with van der Waals surface area (Å²) < 4.78 is 3.01. The number of thiazole rings is 1. The van der Waals surface area contributed by atoms with Crippen LogP contribution >= 0.6 is 11.3 Å². The van der Waals surface area contributed by atoms with E-state index in [-0.39, 0.29) is 11.8 Å². The summed E-state index contributed by atoms with van der Waals surface area (Å²) in [6.07, 6.45) is 2.24. The zero-order valence-electron chi connectivity index (χ0n) is 16.1. The first-order valence-electron chi connectivity index (χ1n) is 9.23. The highest BCUT2D eigenvalue weighted by atomic mass is 32.1. The number of hydrogen-bond acceptors (Lipinski definition) is 4. The third kappa shape index (κ3) is 3.93. The predicted octanol–water partition coefficient (Wildman–Crippen LogP) is 2.40. The van der Waals surface area contributed by atoms with Crippen LogP contribution in [0.5, 0.6) is 0 Å². The van der Waals surface area contributed by atoms with E-state index in [1.807, 2.05) is 66.3 Å². The maximum atomic E-state index is 12.8. The number of fused-ring (bicyclic) bond motifs is 2. The summed E-state index contributed by atoms with van der Waals surface area (Å²) in [6.45, 7) is 1.40. The van der Waals surface area contributed by atoms with Gasteiger partial charge in [0.15, 0.2) is 0 Å². The van der Waals surface area contributed by atoms with Gasteiger partial charge < -0.3 is 14.9 Å². The fourth-order valence-corrected chi connectivity index (χ4v) is 4.32. The number of rotatable bonds is 5. The van der Waals surface area contributed by atoms with Crippen molar-refractivity contribution in [2.45, 2.75) is 19.4 Å². The zero-order valence-corrected chi connectivity index (χ0v) is 16.9. The zero-order chi connectivity index (χ0) is 20.4. The van der Waals surface area contributed by atoms with Crippen LogP contribution in [-0.4, -0.2) is 27.4 Å². The number of nitrogens with zero attached hydrogens (tertiary/aromatic N) is 2. The third-order valence-corrected chi connectivity index (χ3v) is 5.88. The summed E-state index contributed by atoms with van der Waals surface area (Å²) in [5, 5.41) is 8.05. The Balaban J connectivity index is 1.58. The molecule has 7 nitrogen and oxygen atoms in total. The Bertz CT molecular complexity index is 1270. The largest absolute Gasteiger partial charge is 0.361 e. The highest BCUT2D eigenvalue weighted by Gasteiger charge is 2.21. The predicted molar refractivity (Wildman–Crippen MR) is 114 cm³/mol. The molecule has 2 aromatic heterocycles. The van der Waals surface area contributed by atoms with Crippen LogP contribution in [-0.2, 0) is 23.1 Å². The Morgan fingerprint density at radius 3 is 2.72 bits per heavy atom. The molecule has 3 N–H and O–H groups in total. The lowest BCUT2D eigenvalue weighted by Crippen LogP contribution is -2.46. The van der Waals surface area contributed by atoms with Crippen molar-refractivity contribution >= 4 is 44.3 Å². The average Bonchev–Trinajstić information content (AvgIpc) is 3.27. The summed E-state index contributed by atoms with van der Waals surface area (Å²) in [7, 11) is 1.90. The third-order valence-electron chi connectivity index (χ3n) is 4.77. The molecule has 0 aliphatic heterocycles. The number of aromatic nitrogens is 2. The van der Waals surface area contributed by atoms with Crippen LogP contribution in [0.3, 0.4) is 0 Å². The molecule has 1 atom stereocenters.